The first-order valence-corrected chi connectivity index (χ1v) is 5.61. The number of hydrogen-bond acceptors (Lipinski definition) is 5. The summed E-state index contributed by atoms with van der Waals surface area (Å²) in [5, 5.41) is 9.01. The molecule has 0 saturated heterocycles. The van der Waals surface area contributed by atoms with Gasteiger partial charge in [0.1, 0.15) is 0 Å². The van der Waals surface area contributed by atoms with Gasteiger partial charge in [0.2, 0.25) is 5.88 Å². The minimum atomic E-state index is 0.131. The van der Waals surface area contributed by atoms with E-state index in [9.17, 15) is 0 Å². The molecule has 0 amide bonds. The molecule has 0 atom stereocenters. The maximum atomic E-state index is 9.01. The summed E-state index contributed by atoms with van der Waals surface area (Å²) < 4.78 is 10.2. The third-order valence-corrected chi connectivity index (χ3v) is 2.47. The molecule has 1 N–H and O–H groups in total. The molecule has 5 nitrogen and oxygen atoms in total. The monoisotopic (exact) mass is 240 g/mol. The lowest BCUT2D eigenvalue weighted by Gasteiger charge is -2.21. The third-order valence-electron chi connectivity index (χ3n) is 2.47. The van der Waals surface area contributed by atoms with Crippen LogP contribution in [0, 0.1) is 0 Å². The molecule has 0 radical (unpaired) electrons. The van der Waals surface area contributed by atoms with Gasteiger partial charge in [-0.1, -0.05) is 6.07 Å². The second kappa shape index (κ2) is 8.00. The number of aliphatic hydroxyl groups is 1. The topological polar surface area (TPSA) is 54.8 Å². The summed E-state index contributed by atoms with van der Waals surface area (Å²) in [4.78, 5) is 6.25. The normalized spacial score (nSPS) is 10.8. The van der Waals surface area contributed by atoms with Gasteiger partial charge in [-0.25, -0.2) is 4.98 Å². The van der Waals surface area contributed by atoms with Gasteiger partial charge < -0.3 is 14.6 Å². The maximum Gasteiger partial charge on any atom is 0.217 e. The molecule has 1 rings (SSSR count). The summed E-state index contributed by atoms with van der Waals surface area (Å²) in [5.41, 5.74) is 1.01. The fraction of sp³-hybridized carbons (Fsp3) is 0.583. The van der Waals surface area contributed by atoms with E-state index in [0.717, 1.165) is 12.1 Å². The van der Waals surface area contributed by atoms with Crippen LogP contribution in [0.15, 0.2) is 18.3 Å². The molecule has 1 aromatic rings. The van der Waals surface area contributed by atoms with Crippen LogP contribution in [0.3, 0.4) is 0 Å². The van der Waals surface area contributed by atoms with Crippen molar-refractivity contribution in [3.05, 3.63) is 23.9 Å². The number of rotatable bonds is 8. The molecule has 17 heavy (non-hydrogen) atoms. The van der Waals surface area contributed by atoms with Gasteiger partial charge in [0.15, 0.2) is 0 Å². The predicted octanol–water partition coefficient (Wildman–Crippen LogP) is 0.531. The number of aromatic nitrogens is 1. The van der Waals surface area contributed by atoms with E-state index in [-0.39, 0.29) is 6.61 Å². The van der Waals surface area contributed by atoms with Crippen molar-refractivity contribution < 1.29 is 14.6 Å². The van der Waals surface area contributed by atoms with Crippen LogP contribution in [0.1, 0.15) is 5.56 Å². The largest absolute Gasteiger partial charge is 0.481 e. The van der Waals surface area contributed by atoms with Gasteiger partial charge in [0, 0.05) is 38.5 Å². The van der Waals surface area contributed by atoms with E-state index in [1.807, 2.05) is 12.1 Å². The molecule has 0 aromatic carbocycles. The predicted molar refractivity (Wildman–Crippen MR) is 65.0 cm³/mol. The van der Waals surface area contributed by atoms with Crippen molar-refractivity contribution in [1.29, 1.82) is 0 Å². The van der Waals surface area contributed by atoms with Crippen LogP contribution in [-0.2, 0) is 11.3 Å². The summed E-state index contributed by atoms with van der Waals surface area (Å²) in [6.07, 6.45) is 1.70. The average molecular weight is 240 g/mol. The summed E-state index contributed by atoms with van der Waals surface area (Å²) in [6, 6.07) is 3.86. The molecule has 0 aliphatic heterocycles. The molecule has 0 aliphatic rings. The fourth-order valence-corrected chi connectivity index (χ4v) is 1.60. The summed E-state index contributed by atoms with van der Waals surface area (Å²) in [5.74, 6) is 0.632. The highest BCUT2D eigenvalue weighted by molar-refractivity contribution is 5.25. The number of pyridine rings is 1. The van der Waals surface area contributed by atoms with Gasteiger partial charge in [-0.05, 0) is 6.07 Å². The second-order valence-electron chi connectivity index (χ2n) is 3.66. The van der Waals surface area contributed by atoms with Crippen LogP contribution < -0.4 is 4.74 Å². The Balaban J connectivity index is 2.63. The van der Waals surface area contributed by atoms with Gasteiger partial charge in [0.05, 0.1) is 20.3 Å². The standard InChI is InChI=1S/C12H20N2O3/c1-16-9-7-14(6-8-15)10-11-4-3-5-13-12(11)17-2/h3-5,15H,6-10H2,1-2H3. The number of methoxy groups -OCH3 is 2. The third kappa shape index (κ3) is 4.68. The van der Waals surface area contributed by atoms with Crippen molar-refractivity contribution in [2.75, 3.05) is 40.5 Å². The first kappa shape index (κ1) is 13.9. The number of nitrogens with zero attached hydrogens (tertiary/aromatic N) is 2. The van der Waals surface area contributed by atoms with Gasteiger partial charge in [-0.2, -0.15) is 0 Å². The first-order chi connectivity index (χ1) is 8.31. The van der Waals surface area contributed by atoms with E-state index in [1.165, 1.54) is 0 Å². The second-order valence-corrected chi connectivity index (χ2v) is 3.66. The fourth-order valence-electron chi connectivity index (χ4n) is 1.60. The van der Waals surface area contributed by atoms with Crippen LogP contribution in [0.2, 0.25) is 0 Å². The lowest BCUT2D eigenvalue weighted by molar-refractivity contribution is 0.126. The van der Waals surface area contributed by atoms with Crippen LogP contribution in [-0.4, -0.2) is 55.5 Å². The van der Waals surface area contributed by atoms with E-state index in [2.05, 4.69) is 9.88 Å². The smallest absolute Gasteiger partial charge is 0.217 e. The zero-order valence-electron chi connectivity index (χ0n) is 10.4. The average Bonchev–Trinajstić information content (AvgIpc) is 2.37. The van der Waals surface area contributed by atoms with Crippen LogP contribution in [0.4, 0.5) is 0 Å². The molecular formula is C12H20N2O3. The minimum Gasteiger partial charge on any atom is -0.481 e. The first-order valence-electron chi connectivity index (χ1n) is 5.61. The molecule has 96 valence electrons. The zero-order valence-corrected chi connectivity index (χ0v) is 10.4. The minimum absolute atomic E-state index is 0.131. The zero-order chi connectivity index (χ0) is 12.5. The van der Waals surface area contributed by atoms with Crippen molar-refractivity contribution in [3.63, 3.8) is 0 Å². The van der Waals surface area contributed by atoms with E-state index >= 15 is 0 Å². The van der Waals surface area contributed by atoms with Crippen molar-refractivity contribution in [3.8, 4) is 5.88 Å². The molecule has 0 unspecified atom stereocenters. The van der Waals surface area contributed by atoms with Gasteiger partial charge in [-0.15, -0.1) is 0 Å². The lowest BCUT2D eigenvalue weighted by Crippen LogP contribution is -2.30. The molecule has 0 spiro atoms. The Kier molecular flexibility index (Phi) is 6.54. The number of aliphatic hydroxyl groups excluding tert-OH is 1. The number of ether oxygens (including phenoxy) is 2. The summed E-state index contributed by atoms with van der Waals surface area (Å²) >= 11 is 0. The highest BCUT2D eigenvalue weighted by atomic mass is 16.5. The highest BCUT2D eigenvalue weighted by Gasteiger charge is 2.09. The summed E-state index contributed by atoms with van der Waals surface area (Å²) in [6.45, 7) is 2.85. The Morgan fingerprint density at radius 2 is 2.18 bits per heavy atom. The SMILES string of the molecule is COCCN(CCO)Cc1cccnc1OC. The molecular weight excluding hydrogens is 220 g/mol. The van der Waals surface area contributed by atoms with Crippen LogP contribution >= 0.6 is 0 Å². The van der Waals surface area contributed by atoms with Gasteiger partial charge in [-0.3, -0.25) is 4.90 Å². The van der Waals surface area contributed by atoms with Crippen LogP contribution in [0.25, 0.3) is 0 Å². The van der Waals surface area contributed by atoms with Crippen molar-refractivity contribution in [1.82, 2.24) is 9.88 Å². The van der Waals surface area contributed by atoms with E-state index in [0.29, 0.717) is 25.6 Å². The Hall–Kier alpha value is -1.17. The quantitative estimate of drug-likeness (QED) is 0.718. The maximum absolute atomic E-state index is 9.01. The van der Waals surface area contributed by atoms with Crippen molar-refractivity contribution in [2.24, 2.45) is 0 Å². The van der Waals surface area contributed by atoms with E-state index < -0.39 is 0 Å². The molecule has 1 aromatic heterocycles. The number of hydrogen-bond donors (Lipinski definition) is 1. The Bertz CT molecular complexity index is 320. The molecule has 0 bridgehead atoms. The molecule has 0 aliphatic carbocycles. The molecule has 1 heterocycles. The van der Waals surface area contributed by atoms with E-state index in [4.69, 9.17) is 14.6 Å². The van der Waals surface area contributed by atoms with Crippen molar-refractivity contribution >= 4 is 0 Å². The van der Waals surface area contributed by atoms with Crippen molar-refractivity contribution in [2.45, 2.75) is 6.54 Å². The van der Waals surface area contributed by atoms with Crippen LogP contribution in [0.5, 0.6) is 5.88 Å². The van der Waals surface area contributed by atoms with E-state index in [1.54, 1.807) is 20.4 Å². The Morgan fingerprint density at radius 1 is 1.35 bits per heavy atom. The van der Waals surface area contributed by atoms with Gasteiger partial charge >= 0.3 is 0 Å². The Morgan fingerprint density at radius 3 is 2.82 bits per heavy atom. The molecule has 5 heteroatoms. The summed E-state index contributed by atoms with van der Waals surface area (Å²) in [7, 11) is 3.28. The molecule has 0 saturated carbocycles. The molecule has 0 fully saturated rings. The van der Waals surface area contributed by atoms with Gasteiger partial charge in [0.25, 0.3) is 0 Å². The lowest BCUT2D eigenvalue weighted by atomic mass is 10.2. The highest BCUT2D eigenvalue weighted by Crippen LogP contribution is 2.15. The Labute approximate surface area is 102 Å².